The Morgan fingerprint density at radius 1 is 1.45 bits per heavy atom. The van der Waals surface area contributed by atoms with Gasteiger partial charge in [0.2, 0.25) is 10.9 Å². The maximum atomic E-state index is 11.8. The Morgan fingerprint density at radius 2 is 2.27 bits per heavy atom. The molecule has 0 aromatic carbocycles. The first-order valence-electron chi connectivity index (χ1n) is 6.12. The molecular formula is C11H10N6O3S2. The quantitative estimate of drug-likeness (QED) is 0.697. The van der Waals surface area contributed by atoms with E-state index >= 15 is 0 Å². The predicted octanol–water partition coefficient (Wildman–Crippen LogP) is 0.882. The van der Waals surface area contributed by atoms with Crippen molar-refractivity contribution in [2.45, 2.75) is 18.2 Å². The van der Waals surface area contributed by atoms with Crippen LogP contribution in [0.3, 0.4) is 0 Å². The van der Waals surface area contributed by atoms with Crippen LogP contribution in [0.1, 0.15) is 11.5 Å². The molecule has 0 atom stereocenters. The van der Waals surface area contributed by atoms with Gasteiger partial charge in [0.05, 0.1) is 5.75 Å². The molecule has 0 radical (unpaired) electrons. The summed E-state index contributed by atoms with van der Waals surface area (Å²) >= 11 is 2.40. The van der Waals surface area contributed by atoms with Gasteiger partial charge in [0.1, 0.15) is 11.5 Å². The normalized spacial score (nSPS) is 11.0. The SMILES string of the molecule is Cc1cc(NC(=O)CSc2nn3c(=O)c(C)nnc3s2)no1. The molecule has 0 bridgehead atoms. The Kier molecular flexibility index (Phi) is 3.90. The molecular weight excluding hydrogens is 328 g/mol. The molecule has 114 valence electrons. The lowest BCUT2D eigenvalue weighted by molar-refractivity contribution is -0.113. The third kappa shape index (κ3) is 2.99. The van der Waals surface area contributed by atoms with Crippen molar-refractivity contribution in [1.82, 2.24) is 25.0 Å². The van der Waals surface area contributed by atoms with Crippen molar-refractivity contribution in [1.29, 1.82) is 0 Å². The van der Waals surface area contributed by atoms with Crippen molar-refractivity contribution in [3.8, 4) is 0 Å². The average Bonchev–Trinajstić information content (AvgIpc) is 3.07. The van der Waals surface area contributed by atoms with Crippen LogP contribution in [0, 0.1) is 13.8 Å². The molecule has 3 heterocycles. The summed E-state index contributed by atoms with van der Waals surface area (Å²) in [6.45, 7) is 3.31. The number of nitrogens with zero attached hydrogens (tertiary/aromatic N) is 5. The van der Waals surface area contributed by atoms with Crippen LogP contribution in [-0.4, -0.2) is 36.6 Å². The first kappa shape index (κ1) is 14.7. The highest BCUT2D eigenvalue weighted by Gasteiger charge is 2.12. The fourth-order valence-corrected chi connectivity index (χ4v) is 3.24. The molecule has 0 fully saturated rings. The number of carbonyl (C=O) groups excluding carboxylic acids is 1. The van der Waals surface area contributed by atoms with Crippen LogP contribution in [0.25, 0.3) is 4.96 Å². The first-order valence-corrected chi connectivity index (χ1v) is 7.92. The summed E-state index contributed by atoms with van der Waals surface area (Å²) in [4.78, 5) is 24.0. The van der Waals surface area contributed by atoms with E-state index in [9.17, 15) is 9.59 Å². The number of hydrogen-bond acceptors (Lipinski definition) is 9. The van der Waals surface area contributed by atoms with Gasteiger partial charge in [0, 0.05) is 6.07 Å². The average molecular weight is 338 g/mol. The zero-order valence-electron chi connectivity index (χ0n) is 11.6. The second-order valence-corrected chi connectivity index (χ2v) is 6.49. The molecule has 3 rings (SSSR count). The topological polar surface area (TPSA) is 115 Å². The van der Waals surface area contributed by atoms with Gasteiger partial charge in [-0.25, -0.2) is 0 Å². The molecule has 3 aromatic heterocycles. The molecule has 11 heteroatoms. The number of rotatable bonds is 4. The van der Waals surface area contributed by atoms with Gasteiger partial charge in [-0.15, -0.1) is 15.3 Å². The zero-order chi connectivity index (χ0) is 15.7. The minimum absolute atomic E-state index is 0.132. The van der Waals surface area contributed by atoms with Gasteiger partial charge in [-0.1, -0.05) is 28.3 Å². The highest BCUT2D eigenvalue weighted by molar-refractivity contribution is 8.01. The molecule has 0 spiro atoms. The Hall–Kier alpha value is -2.27. The van der Waals surface area contributed by atoms with Gasteiger partial charge in [0.15, 0.2) is 10.2 Å². The van der Waals surface area contributed by atoms with Crippen molar-refractivity contribution in [3.05, 3.63) is 27.9 Å². The van der Waals surface area contributed by atoms with Crippen LogP contribution in [-0.2, 0) is 4.79 Å². The van der Waals surface area contributed by atoms with Gasteiger partial charge >= 0.3 is 0 Å². The van der Waals surface area contributed by atoms with Gasteiger partial charge in [0.25, 0.3) is 5.56 Å². The third-order valence-electron chi connectivity index (χ3n) is 2.55. The molecule has 22 heavy (non-hydrogen) atoms. The van der Waals surface area contributed by atoms with Gasteiger partial charge < -0.3 is 9.84 Å². The lowest BCUT2D eigenvalue weighted by Gasteiger charge is -1.98. The van der Waals surface area contributed by atoms with Crippen LogP contribution >= 0.6 is 23.1 Å². The van der Waals surface area contributed by atoms with E-state index < -0.39 is 0 Å². The molecule has 0 unspecified atom stereocenters. The van der Waals surface area contributed by atoms with Crippen molar-refractivity contribution < 1.29 is 9.32 Å². The number of hydrogen-bond donors (Lipinski definition) is 1. The number of amides is 1. The Labute approximate surface area is 131 Å². The highest BCUT2D eigenvalue weighted by Crippen LogP contribution is 2.23. The molecule has 0 aliphatic carbocycles. The first-order chi connectivity index (χ1) is 10.5. The Bertz CT molecular complexity index is 899. The maximum Gasteiger partial charge on any atom is 0.296 e. The Morgan fingerprint density at radius 3 is 3.00 bits per heavy atom. The highest BCUT2D eigenvalue weighted by atomic mass is 32.2. The van der Waals surface area contributed by atoms with Crippen LogP contribution in [0.4, 0.5) is 5.82 Å². The van der Waals surface area contributed by atoms with E-state index in [0.29, 0.717) is 20.9 Å². The van der Waals surface area contributed by atoms with E-state index in [0.717, 1.165) is 0 Å². The fourth-order valence-electron chi connectivity index (χ4n) is 1.56. The predicted molar refractivity (Wildman–Crippen MR) is 80.3 cm³/mol. The number of nitrogens with one attached hydrogen (secondary N) is 1. The summed E-state index contributed by atoms with van der Waals surface area (Å²) in [5, 5.41) is 18.0. The molecule has 1 N–H and O–H groups in total. The number of aromatic nitrogens is 5. The second kappa shape index (κ2) is 5.85. The number of carbonyl (C=O) groups is 1. The van der Waals surface area contributed by atoms with E-state index in [1.54, 1.807) is 19.9 Å². The van der Waals surface area contributed by atoms with Crippen molar-refractivity contribution in [2.75, 3.05) is 11.1 Å². The van der Waals surface area contributed by atoms with Gasteiger partial charge in [-0.3, -0.25) is 9.59 Å². The van der Waals surface area contributed by atoms with Crippen molar-refractivity contribution in [2.24, 2.45) is 0 Å². The van der Waals surface area contributed by atoms with Crippen molar-refractivity contribution >= 4 is 39.8 Å². The van der Waals surface area contributed by atoms with Crippen LogP contribution in [0.2, 0.25) is 0 Å². The minimum Gasteiger partial charge on any atom is -0.360 e. The summed E-state index contributed by atoms with van der Waals surface area (Å²) in [5.74, 6) is 0.868. The maximum absolute atomic E-state index is 11.8. The van der Waals surface area contributed by atoms with E-state index in [4.69, 9.17) is 4.52 Å². The minimum atomic E-state index is -0.310. The molecule has 3 aromatic rings. The number of aryl methyl sites for hydroxylation is 2. The number of anilines is 1. The van der Waals surface area contributed by atoms with Gasteiger partial charge in [-0.05, 0) is 13.8 Å². The Balaban J connectivity index is 1.67. The van der Waals surface area contributed by atoms with E-state index in [1.807, 2.05) is 0 Å². The molecule has 1 amide bonds. The largest absolute Gasteiger partial charge is 0.360 e. The van der Waals surface area contributed by atoms with Crippen LogP contribution < -0.4 is 10.9 Å². The summed E-state index contributed by atoms with van der Waals surface area (Å²) in [7, 11) is 0. The van der Waals surface area contributed by atoms with Crippen LogP contribution in [0.15, 0.2) is 19.7 Å². The second-order valence-electron chi connectivity index (χ2n) is 4.31. The third-order valence-corrected chi connectivity index (χ3v) is 4.58. The molecule has 9 nitrogen and oxygen atoms in total. The summed E-state index contributed by atoms with van der Waals surface area (Å²) < 4.78 is 6.60. The monoisotopic (exact) mass is 338 g/mol. The summed E-state index contributed by atoms with van der Waals surface area (Å²) in [6, 6.07) is 1.62. The van der Waals surface area contributed by atoms with Gasteiger partial charge in [-0.2, -0.15) is 4.52 Å². The van der Waals surface area contributed by atoms with E-state index in [-0.39, 0.29) is 22.9 Å². The standard InChI is InChI=1S/C11H10N6O3S2/c1-5-3-7(16-20-5)12-8(18)4-21-11-15-17-9(19)6(2)13-14-10(17)22-11/h3H,4H2,1-2H3,(H,12,16,18). The zero-order valence-corrected chi connectivity index (χ0v) is 13.2. The van der Waals surface area contributed by atoms with E-state index in [2.05, 4.69) is 25.8 Å². The molecule has 0 saturated carbocycles. The fraction of sp³-hybridized carbons (Fsp3) is 0.273. The number of thioether (sulfide) groups is 1. The summed E-state index contributed by atoms with van der Waals surface area (Å²) in [6.07, 6.45) is 0. The smallest absolute Gasteiger partial charge is 0.296 e. The van der Waals surface area contributed by atoms with Crippen LogP contribution in [0.5, 0.6) is 0 Å². The molecule has 0 aliphatic heterocycles. The lowest BCUT2D eigenvalue weighted by atomic mass is 10.5. The molecule has 0 aliphatic rings. The summed E-state index contributed by atoms with van der Waals surface area (Å²) in [5.41, 5.74) is -0.0332. The molecule has 0 saturated heterocycles. The number of fused-ring (bicyclic) bond motifs is 1. The van der Waals surface area contributed by atoms with Crippen molar-refractivity contribution in [3.63, 3.8) is 0 Å². The lowest BCUT2D eigenvalue weighted by Crippen LogP contribution is -2.19. The van der Waals surface area contributed by atoms with E-state index in [1.165, 1.54) is 27.6 Å².